The first-order valence-electron chi connectivity index (χ1n) is 11.8. The Hall–Kier alpha value is -2.38. The summed E-state index contributed by atoms with van der Waals surface area (Å²) in [5.74, 6) is 1.70. The van der Waals surface area contributed by atoms with Crippen LogP contribution in [0.3, 0.4) is 0 Å². The Morgan fingerprint density at radius 2 is 1.76 bits per heavy atom. The van der Waals surface area contributed by atoms with Gasteiger partial charge in [0, 0.05) is 23.4 Å². The number of amides is 1. The van der Waals surface area contributed by atoms with E-state index in [4.69, 9.17) is 4.74 Å². The van der Waals surface area contributed by atoms with Crippen LogP contribution in [-0.4, -0.2) is 27.5 Å². The van der Waals surface area contributed by atoms with Crippen LogP contribution in [0.2, 0.25) is 0 Å². The van der Waals surface area contributed by atoms with Gasteiger partial charge in [-0.25, -0.2) is 13.1 Å². The van der Waals surface area contributed by atoms with Crippen molar-refractivity contribution in [1.29, 1.82) is 0 Å². The van der Waals surface area contributed by atoms with E-state index in [1.807, 2.05) is 32.0 Å². The summed E-state index contributed by atoms with van der Waals surface area (Å²) in [6.45, 7) is 5.65. The molecular formula is C26H34N2O4S. The average Bonchev–Trinajstić information content (AvgIpc) is 2.80. The van der Waals surface area contributed by atoms with Crippen LogP contribution in [0.15, 0.2) is 41.3 Å². The van der Waals surface area contributed by atoms with Crippen molar-refractivity contribution in [3.63, 3.8) is 0 Å². The van der Waals surface area contributed by atoms with E-state index in [0.717, 1.165) is 17.9 Å². The Labute approximate surface area is 197 Å². The minimum absolute atomic E-state index is 0.101. The molecule has 2 atom stereocenters. The van der Waals surface area contributed by atoms with Crippen molar-refractivity contribution in [2.24, 2.45) is 17.8 Å². The maximum atomic E-state index is 13.3. The molecule has 3 aliphatic carbocycles. The third kappa shape index (κ3) is 4.94. The maximum Gasteiger partial charge on any atom is 0.255 e. The molecule has 3 fully saturated rings. The van der Waals surface area contributed by atoms with Crippen LogP contribution in [-0.2, 0) is 10.0 Å². The lowest BCUT2D eigenvalue weighted by Crippen LogP contribution is -2.45. The molecule has 2 bridgehead atoms. The summed E-state index contributed by atoms with van der Waals surface area (Å²) in [6.07, 6.45) is 6.08. The van der Waals surface area contributed by atoms with E-state index in [1.165, 1.54) is 32.8 Å². The number of methoxy groups -OCH3 is 1. The van der Waals surface area contributed by atoms with E-state index < -0.39 is 10.0 Å². The number of sulfonamides is 1. The monoisotopic (exact) mass is 470 g/mol. The van der Waals surface area contributed by atoms with Gasteiger partial charge in [-0.2, -0.15) is 0 Å². The normalized spacial score (nSPS) is 23.2. The first-order chi connectivity index (χ1) is 15.7. The molecule has 1 amide bonds. The zero-order chi connectivity index (χ0) is 23.8. The standard InChI is InChI=1S/C26H34N2O4S/c1-16-7-5-6-8-21(16)26(29)27-23-15-24(32-4)25(13-17(23)2)33(30,31)28-18(3)22-14-19-9-11-20(22)12-10-19/h5-8,13,15,18-20,22,28H,9-12,14H2,1-4H3,(H,27,29). The summed E-state index contributed by atoms with van der Waals surface area (Å²) in [5.41, 5.74) is 2.62. The lowest BCUT2D eigenvalue weighted by Gasteiger charge is -2.45. The largest absolute Gasteiger partial charge is 0.495 e. The number of ether oxygens (including phenoxy) is 1. The van der Waals surface area contributed by atoms with E-state index in [2.05, 4.69) is 10.0 Å². The number of hydrogen-bond acceptors (Lipinski definition) is 4. The molecule has 3 saturated carbocycles. The van der Waals surface area contributed by atoms with Gasteiger partial charge in [0.2, 0.25) is 10.0 Å². The number of anilines is 1. The third-order valence-electron chi connectivity index (χ3n) is 7.52. The van der Waals surface area contributed by atoms with E-state index in [-0.39, 0.29) is 22.6 Å². The highest BCUT2D eigenvalue weighted by atomic mass is 32.2. The summed E-state index contributed by atoms with van der Waals surface area (Å²) < 4.78 is 35.1. The predicted molar refractivity (Wildman–Crippen MR) is 130 cm³/mol. The van der Waals surface area contributed by atoms with Gasteiger partial charge in [-0.1, -0.05) is 31.0 Å². The minimum atomic E-state index is -3.78. The quantitative estimate of drug-likeness (QED) is 0.593. The van der Waals surface area contributed by atoms with Crippen LogP contribution in [0.5, 0.6) is 5.75 Å². The van der Waals surface area contributed by atoms with E-state index in [0.29, 0.717) is 28.7 Å². The number of hydrogen-bond donors (Lipinski definition) is 2. The smallest absolute Gasteiger partial charge is 0.255 e. The molecule has 3 aliphatic rings. The highest BCUT2D eigenvalue weighted by Crippen LogP contribution is 2.46. The number of rotatable bonds is 7. The zero-order valence-electron chi connectivity index (χ0n) is 19.9. The van der Waals surface area contributed by atoms with Crippen molar-refractivity contribution < 1.29 is 17.9 Å². The first-order valence-corrected chi connectivity index (χ1v) is 13.3. The first kappa shape index (κ1) is 23.8. The molecule has 0 saturated heterocycles. The van der Waals surface area contributed by atoms with Crippen molar-refractivity contribution in [3.05, 3.63) is 53.1 Å². The van der Waals surface area contributed by atoms with Gasteiger partial charge in [-0.3, -0.25) is 4.79 Å². The lowest BCUT2D eigenvalue weighted by atomic mass is 9.63. The van der Waals surface area contributed by atoms with Crippen LogP contribution in [0.25, 0.3) is 0 Å². The van der Waals surface area contributed by atoms with Gasteiger partial charge in [0.25, 0.3) is 5.91 Å². The summed E-state index contributed by atoms with van der Waals surface area (Å²) in [4.78, 5) is 12.9. The molecule has 0 aromatic heterocycles. The zero-order valence-corrected chi connectivity index (χ0v) is 20.7. The molecule has 0 aliphatic heterocycles. The van der Waals surface area contributed by atoms with E-state index in [1.54, 1.807) is 25.1 Å². The molecule has 0 radical (unpaired) electrons. The molecule has 33 heavy (non-hydrogen) atoms. The van der Waals surface area contributed by atoms with Gasteiger partial charge in [0.15, 0.2) is 0 Å². The molecule has 6 nitrogen and oxygen atoms in total. The van der Waals surface area contributed by atoms with Gasteiger partial charge >= 0.3 is 0 Å². The van der Waals surface area contributed by atoms with Gasteiger partial charge in [-0.15, -0.1) is 0 Å². The van der Waals surface area contributed by atoms with Crippen LogP contribution < -0.4 is 14.8 Å². The van der Waals surface area contributed by atoms with E-state index in [9.17, 15) is 13.2 Å². The van der Waals surface area contributed by atoms with Gasteiger partial charge in [0.05, 0.1) is 7.11 Å². The number of benzene rings is 2. The highest BCUT2D eigenvalue weighted by Gasteiger charge is 2.39. The molecule has 0 spiro atoms. The molecule has 2 aromatic rings. The summed E-state index contributed by atoms with van der Waals surface area (Å²) >= 11 is 0. The third-order valence-corrected chi connectivity index (χ3v) is 9.10. The molecule has 2 aromatic carbocycles. The van der Waals surface area contributed by atoms with E-state index >= 15 is 0 Å². The van der Waals surface area contributed by atoms with Gasteiger partial charge < -0.3 is 10.1 Å². The molecule has 178 valence electrons. The highest BCUT2D eigenvalue weighted by molar-refractivity contribution is 7.89. The van der Waals surface area contributed by atoms with Crippen LogP contribution >= 0.6 is 0 Å². The van der Waals surface area contributed by atoms with Crippen molar-refractivity contribution in [2.75, 3.05) is 12.4 Å². The van der Waals surface area contributed by atoms with Gasteiger partial charge in [-0.05, 0) is 81.0 Å². The minimum Gasteiger partial charge on any atom is -0.495 e. The molecule has 0 heterocycles. The summed E-state index contributed by atoms with van der Waals surface area (Å²) in [7, 11) is -2.34. The van der Waals surface area contributed by atoms with Crippen LogP contribution in [0, 0.1) is 31.6 Å². The van der Waals surface area contributed by atoms with Crippen molar-refractivity contribution in [2.45, 2.75) is 63.8 Å². The van der Waals surface area contributed by atoms with Crippen molar-refractivity contribution in [3.8, 4) is 5.75 Å². The molecular weight excluding hydrogens is 436 g/mol. The Morgan fingerprint density at radius 3 is 2.36 bits per heavy atom. The Balaban J connectivity index is 1.55. The second-order valence-electron chi connectivity index (χ2n) is 9.68. The SMILES string of the molecule is COc1cc(NC(=O)c2ccccc2C)c(C)cc1S(=O)(=O)NC(C)C1CC2CCC1CC2. The maximum absolute atomic E-state index is 13.3. The Morgan fingerprint density at radius 1 is 1.06 bits per heavy atom. The summed E-state index contributed by atoms with van der Waals surface area (Å²) in [5, 5.41) is 2.90. The topological polar surface area (TPSA) is 84.5 Å². The van der Waals surface area contributed by atoms with Crippen molar-refractivity contribution >= 4 is 21.6 Å². The number of nitrogens with one attached hydrogen (secondary N) is 2. The second-order valence-corrected chi connectivity index (χ2v) is 11.4. The fourth-order valence-corrected chi connectivity index (χ4v) is 7.15. The number of carbonyl (C=O) groups is 1. The van der Waals surface area contributed by atoms with Crippen molar-refractivity contribution in [1.82, 2.24) is 4.72 Å². The fraction of sp³-hybridized carbons (Fsp3) is 0.500. The Bertz CT molecular complexity index is 1140. The lowest BCUT2D eigenvalue weighted by molar-refractivity contribution is 0.0810. The fourth-order valence-electron chi connectivity index (χ4n) is 5.62. The number of aryl methyl sites for hydroxylation is 2. The molecule has 7 heteroatoms. The molecule has 2 N–H and O–H groups in total. The number of fused-ring (bicyclic) bond motifs is 3. The Kier molecular flexibility index (Phi) is 6.82. The molecule has 2 unspecified atom stereocenters. The molecule has 5 rings (SSSR count). The summed E-state index contributed by atoms with van der Waals surface area (Å²) in [6, 6.07) is 10.4. The average molecular weight is 471 g/mol. The number of carbonyl (C=O) groups excluding carboxylic acids is 1. The van der Waals surface area contributed by atoms with Crippen LogP contribution in [0.4, 0.5) is 5.69 Å². The van der Waals surface area contributed by atoms with Crippen LogP contribution in [0.1, 0.15) is 60.5 Å². The second kappa shape index (κ2) is 9.47. The van der Waals surface area contributed by atoms with Gasteiger partial charge in [0.1, 0.15) is 10.6 Å². The predicted octanol–water partition coefficient (Wildman–Crippen LogP) is 5.06.